The Balaban J connectivity index is 0. The van der Waals surface area contributed by atoms with Gasteiger partial charge in [-0.15, -0.1) is 12.4 Å². The quantitative estimate of drug-likeness (QED) is 0.261. The zero-order valence-electron chi connectivity index (χ0n) is 3.94. The Bertz CT molecular complexity index is 38.1. The molecule has 0 unspecified atom stereocenters. The van der Waals surface area contributed by atoms with E-state index in [1.165, 1.54) is 0 Å². The van der Waals surface area contributed by atoms with E-state index in [0.717, 1.165) is 0 Å². The minimum absolute atomic E-state index is 0. The third-order valence-corrected chi connectivity index (χ3v) is 0. The molecule has 46 valence electrons. The second-order valence-electron chi connectivity index (χ2n) is 0. The molecule has 0 saturated carbocycles. The average molecular weight is 807 g/mol. The van der Waals surface area contributed by atoms with Crippen molar-refractivity contribution in [2.75, 3.05) is 0 Å². The molecule has 0 saturated heterocycles. The molecule has 10 radical (unpaired) electrons. The normalized spacial score (nSPS) is 0. The monoisotopic (exact) mass is 808 g/mol. The Morgan fingerprint density at radius 3 is 1.00 bits per heavy atom. The first-order valence-electron chi connectivity index (χ1n) is 0. The number of hydrogen-bond acceptors (Lipinski definition) is 0. The van der Waals surface area contributed by atoms with Gasteiger partial charge in [0.05, 0.1) is 0 Å². The first-order valence-corrected chi connectivity index (χ1v) is 0. The Morgan fingerprint density at radius 1 is 1.00 bits per heavy atom. The molecule has 0 N–H and O–H groups in total. The molecule has 0 rings (SSSR count). The minimum Gasteiger partial charge on any atom is 0 e. The van der Waals surface area contributed by atoms with Gasteiger partial charge in [-0.3, -0.25) is 0 Å². The Hall–Kier alpha value is 7.92. The van der Waals surface area contributed by atoms with Gasteiger partial charge in [-0.2, -0.15) is 0 Å². The maximum Gasteiger partial charge on any atom is 0.316 e. The van der Waals surface area contributed by atoms with Gasteiger partial charge in [0.2, 0.25) is 0 Å². The predicted octanol–water partition coefficient (Wildman–Crippen LogP) is -1.54. The molecule has 0 aliphatic rings. The maximum absolute atomic E-state index is 0. The second kappa shape index (κ2) is 81.8. The first kappa shape index (κ1) is 96.8. The number of hydrogen-bond donors (Lipinski definition) is 0. The second-order valence-corrected chi connectivity index (χ2v) is 0. The van der Waals surface area contributed by atoms with E-state index >= 15 is 0 Å². The summed E-state index contributed by atoms with van der Waals surface area (Å²) in [4.78, 5) is 0. The third-order valence-electron chi connectivity index (χ3n) is 0. The summed E-state index contributed by atoms with van der Waals surface area (Å²) in [6.07, 6.45) is 0. The molecule has 0 heterocycles. The molecule has 0 fully saturated rings. The van der Waals surface area contributed by atoms with Crippen LogP contribution in [-0.4, -0.2) is 150 Å². The van der Waals surface area contributed by atoms with Crippen LogP contribution in [0.5, 0.6) is 0 Å². The Labute approximate surface area is 250 Å². The Kier molecular flexibility index (Phi) is 720. The summed E-state index contributed by atoms with van der Waals surface area (Å²) in [5.41, 5.74) is 0. The van der Waals surface area contributed by atoms with E-state index in [-0.39, 0.29) is 258 Å². The standard InChI is InChI=1S/CH4.Ca.Cd.ClH.Hg.K.Mg.Pb.S.Si.Zn.5H/h1H4;;;1H;;;;;;;;;;;;. The van der Waals surface area contributed by atoms with Crippen LogP contribution >= 0.6 is 25.9 Å². The van der Waals surface area contributed by atoms with Crippen molar-refractivity contribution in [1.82, 2.24) is 0 Å². The summed E-state index contributed by atoms with van der Waals surface area (Å²) < 4.78 is 0. The number of rotatable bonds is 0. The van der Waals surface area contributed by atoms with Crippen molar-refractivity contribution in [1.29, 1.82) is 0 Å². The van der Waals surface area contributed by atoms with Crippen molar-refractivity contribution in [2.24, 2.45) is 0 Å². The zero-order valence-corrected chi connectivity index (χ0v) is 23.0. The molecule has 0 aliphatic heterocycles. The zero-order chi connectivity index (χ0) is 0. The van der Waals surface area contributed by atoms with E-state index in [0.29, 0.717) is 0 Å². The summed E-state index contributed by atoms with van der Waals surface area (Å²) >= 11 is 0. The van der Waals surface area contributed by atoms with Crippen molar-refractivity contribution in [3.8, 4) is 0 Å². The van der Waals surface area contributed by atoms with Crippen LogP contribution in [0, 0.1) is 0 Å². The van der Waals surface area contributed by atoms with Crippen molar-refractivity contribution in [2.45, 2.75) is 7.43 Å². The average Bonchev–Trinajstić information content (AvgIpc) is 0. The van der Waals surface area contributed by atoms with Gasteiger partial charge in [-0.25, -0.2) is 0 Å². The molecule has 0 bridgehead atoms. The van der Waals surface area contributed by atoms with Crippen molar-refractivity contribution in [3.05, 3.63) is 0 Å². The van der Waals surface area contributed by atoms with E-state index in [1.807, 2.05) is 0 Å². The van der Waals surface area contributed by atoms with E-state index < -0.39 is 0 Å². The van der Waals surface area contributed by atoms with Gasteiger partial charge in [0.15, 0.2) is 0 Å². The SMILES string of the molecule is C.Cl.[CaH2].[Cd].[Hg].[KH].[MgH2].[Pb].[S].[Si].[Zn]. The van der Waals surface area contributed by atoms with Gasteiger partial charge in [0, 0.05) is 126 Å². The van der Waals surface area contributed by atoms with Crippen LogP contribution in [-0.2, 0) is 74.4 Å². The molecule has 0 aromatic heterocycles. The molecular formula is CH10CaCdClHgKMgPbSSiZn. The van der Waals surface area contributed by atoms with Crippen molar-refractivity contribution in [3.63, 3.8) is 0 Å². The molecule has 0 nitrogen and oxygen atoms in total. The smallest absolute Gasteiger partial charge is 0 e. The first-order chi connectivity index (χ1) is 0. The summed E-state index contributed by atoms with van der Waals surface area (Å²) in [6.45, 7) is 0. The van der Waals surface area contributed by atoms with Gasteiger partial charge in [-0.05, 0) is 0 Å². The third kappa shape index (κ3) is 72.4. The fourth-order valence-corrected chi connectivity index (χ4v) is 0. The van der Waals surface area contributed by atoms with Crippen molar-refractivity contribution < 1.29 is 74.4 Å². The van der Waals surface area contributed by atoms with Crippen LogP contribution < -0.4 is 0 Å². The summed E-state index contributed by atoms with van der Waals surface area (Å²) in [5, 5.41) is 0. The van der Waals surface area contributed by atoms with E-state index in [4.69, 9.17) is 0 Å². The molecule has 0 atom stereocenters. The molecule has 0 spiro atoms. The van der Waals surface area contributed by atoms with Crippen LogP contribution in [0.15, 0.2) is 0 Å². The van der Waals surface area contributed by atoms with Crippen molar-refractivity contribution >= 4 is 176 Å². The van der Waals surface area contributed by atoms with Gasteiger partial charge < -0.3 is 0 Å². The molecule has 10 heteroatoms. The van der Waals surface area contributed by atoms with E-state index in [1.54, 1.807) is 0 Å². The minimum atomic E-state index is 0. The van der Waals surface area contributed by atoms with E-state index in [9.17, 15) is 0 Å². The van der Waals surface area contributed by atoms with E-state index in [2.05, 4.69) is 0 Å². The molecule has 0 amide bonds. The number of halogens is 1. The van der Waals surface area contributed by atoms with Crippen LogP contribution in [0.4, 0.5) is 0 Å². The topological polar surface area (TPSA) is 0 Å². The van der Waals surface area contributed by atoms with Crippen LogP contribution in [0.25, 0.3) is 0 Å². The van der Waals surface area contributed by atoms with Crippen LogP contribution in [0.3, 0.4) is 0 Å². The van der Waals surface area contributed by atoms with Gasteiger partial charge in [0.25, 0.3) is 0 Å². The van der Waals surface area contributed by atoms with Gasteiger partial charge in [-0.1, -0.05) is 7.43 Å². The van der Waals surface area contributed by atoms with Crippen LogP contribution in [0.1, 0.15) is 7.43 Å². The fourth-order valence-electron chi connectivity index (χ4n) is 0. The van der Waals surface area contributed by atoms with Crippen LogP contribution in [0.2, 0.25) is 0 Å². The van der Waals surface area contributed by atoms with Gasteiger partial charge >= 0.3 is 112 Å². The molecule has 11 heavy (non-hydrogen) atoms. The summed E-state index contributed by atoms with van der Waals surface area (Å²) in [6, 6.07) is 0. The molecular weight excluding hydrogens is 797 g/mol. The maximum atomic E-state index is 0. The fraction of sp³-hybridized carbons (Fsp3) is 1.00. The molecule has 0 aliphatic carbocycles. The van der Waals surface area contributed by atoms with Gasteiger partial charge in [0.1, 0.15) is 0 Å². The predicted molar refractivity (Wildman–Crippen MR) is 57.3 cm³/mol. The summed E-state index contributed by atoms with van der Waals surface area (Å²) in [7, 11) is 0. The Morgan fingerprint density at radius 2 is 1.00 bits per heavy atom. The summed E-state index contributed by atoms with van der Waals surface area (Å²) in [5.74, 6) is 0. The molecule has 0 aromatic carbocycles. The molecule has 0 aromatic rings. The largest absolute Gasteiger partial charge is 0.316 e.